The molecule has 1 saturated heterocycles. The summed E-state index contributed by atoms with van der Waals surface area (Å²) in [6, 6.07) is 11.8. The van der Waals surface area contributed by atoms with Crippen molar-refractivity contribution in [3.63, 3.8) is 0 Å². The summed E-state index contributed by atoms with van der Waals surface area (Å²) in [5, 5.41) is 5.95. The van der Waals surface area contributed by atoms with Crippen molar-refractivity contribution in [2.24, 2.45) is 0 Å². The summed E-state index contributed by atoms with van der Waals surface area (Å²) >= 11 is 0. The lowest BCUT2D eigenvalue weighted by atomic mass is 9.94. The molecule has 186 valence electrons. The van der Waals surface area contributed by atoms with Crippen molar-refractivity contribution in [2.75, 3.05) is 32.6 Å². The van der Waals surface area contributed by atoms with Gasteiger partial charge in [-0.3, -0.25) is 14.5 Å². The molecule has 0 radical (unpaired) electrons. The highest BCUT2D eigenvalue weighted by Crippen LogP contribution is 2.37. The average Bonchev–Trinajstić information content (AvgIpc) is 3.60. The largest absolute Gasteiger partial charge is 0.497 e. The molecule has 2 amide bonds. The minimum absolute atomic E-state index is 0.0438. The van der Waals surface area contributed by atoms with Crippen LogP contribution in [-0.4, -0.2) is 55.5 Å². The van der Waals surface area contributed by atoms with Crippen molar-refractivity contribution in [1.82, 2.24) is 10.2 Å². The molecule has 1 saturated carbocycles. The Morgan fingerprint density at radius 1 is 0.943 bits per heavy atom. The number of carbonyl (C=O) groups is 3. The number of hydrogen-bond donors (Lipinski definition) is 2. The monoisotopic (exact) mass is 479 g/mol. The highest BCUT2D eigenvalue weighted by atomic mass is 16.5. The fraction of sp³-hybridized carbons (Fsp3) is 0.444. The summed E-state index contributed by atoms with van der Waals surface area (Å²) in [7, 11) is 2.85. The van der Waals surface area contributed by atoms with Crippen molar-refractivity contribution in [3.05, 3.63) is 59.2 Å². The van der Waals surface area contributed by atoms with Gasteiger partial charge >= 0.3 is 5.97 Å². The van der Waals surface area contributed by atoms with Crippen LogP contribution >= 0.6 is 0 Å². The summed E-state index contributed by atoms with van der Waals surface area (Å²) in [6.07, 6.45) is 6.13. The maximum absolute atomic E-state index is 13.4. The molecule has 0 unspecified atom stereocenters. The van der Waals surface area contributed by atoms with Crippen molar-refractivity contribution >= 4 is 23.5 Å². The van der Waals surface area contributed by atoms with Gasteiger partial charge in [0.05, 0.1) is 19.8 Å². The molecule has 8 heteroatoms. The summed E-state index contributed by atoms with van der Waals surface area (Å²) in [6.45, 7) is 2.18. The van der Waals surface area contributed by atoms with E-state index < -0.39 is 11.5 Å². The zero-order valence-electron chi connectivity index (χ0n) is 20.4. The normalized spacial score (nSPS) is 17.1. The lowest BCUT2D eigenvalue weighted by molar-refractivity contribution is -0.133. The molecule has 2 aromatic rings. The zero-order valence-corrected chi connectivity index (χ0v) is 20.4. The molecular formula is C27H33N3O5. The SMILES string of the molecule is COC(=O)c1cc(CNC(=O)C2(N3CCCC3)CCCC2)cc(NC(=O)c2cccc(OC)c2)c1. The molecule has 2 aliphatic rings. The lowest BCUT2D eigenvalue weighted by Crippen LogP contribution is -2.56. The third-order valence-electron chi connectivity index (χ3n) is 7.02. The predicted molar refractivity (Wildman–Crippen MR) is 133 cm³/mol. The molecule has 0 spiro atoms. The van der Waals surface area contributed by atoms with E-state index in [4.69, 9.17) is 9.47 Å². The molecule has 2 N–H and O–H groups in total. The van der Waals surface area contributed by atoms with Gasteiger partial charge in [0.2, 0.25) is 5.91 Å². The van der Waals surface area contributed by atoms with Gasteiger partial charge in [-0.05, 0) is 80.7 Å². The molecule has 35 heavy (non-hydrogen) atoms. The summed E-state index contributed by atoms with van der Waals surface area (Å²) in [5.41, 5.74) is 1.45. The number of nitrogens with zero attached hydrogens (tertiary/aromatic N) is 1. The van der Waals surface area contributed by atoms with Crippen LogP contribution in [-0.2, 0) is 16.1 Å². The van der Waals surface area contributed by atoms with Crippen LogP contribution in [0.15, 0.2) is 42.5 Å². The molecule has 1 aliphatic carbocycles. The molecule has 0 bridgehead atoms. The molecule has 0 aromatic heterocycles. The van der Waals surface area contributed by atoms with Crippen LogP contribution in [0.25, 0.3) is 0 Å². The highest BCUT2D eigenvalue weighted by Gasteiger charge is 2.46. The van der Waals surface area contributed by atoms with Gasteiger partial charge in [-0.1, -0.05) is 18.9 Å². The molecule has 0 atom stereocenters. The highest BCUT2D eigenvalue weighted by molar-refractivity contribution is 6.05. The van der Waals surface area contributed by atoms with Gasteiger partial charge in [0.25, 0.3) is 5.91 Å². The fourth-order valence-corrected chi connectivity index (χ4v) is 5.21. The number of amides is 2. The van der Waals surface area contributed by atoms with Gasteiger partial charge in [-0.25, -0.2) is 4.79 Å². The molecule has 1 aliphatic heterocycles. The number of nitrogens with one attached hydrogen (secondary N) is 2. The van der Waals surface area contributed by atoms with Gasteiger partial charge < -0.3 is 20.1 Å². The Balaban J connectivity index is 1.52. The van der Waals surface area contributed by atoms with Gasteiger partial charge in [-0.15, -0.1) is 0 Å². The number of hydrogen-bond acceptors (Lipinski definition) is 6. The third kappa shape index (κ3) is 5.48. The minimum atomic E-state index is -0.514. The number of anilines is 1. The second-order valence-electron chi connectivity index (χ2n) is 9.21. The molecular weight excluding hydrogens is 446 g/mol. The maximum atomic E-state index is 13.4. The number of methoxy groups -OCH3 is 2. The standard InChI is InChI=1S/C27H33N3O5/c1-34-23-9-7-8-20(17-23)24(31)29-22-15-19(14-21(16-22)25(32)35-2)18-28-26(33)27(10-3-4-11-27)30-12-5-6-13-30/h7-9,14-17H,3-6,10-13,18H2,1-2H3,(H,28,33)(H,29,31). The van der Waals surface area contributed by atoms with E-state index in [-0.39, 0.29) is 18.4 Å². The topological polar surface area (TPSA) is 97.0 Å². The predicted octanol–water partition coefficient (Wildman–Crippen LogP) is 3.76. The van der Waals surface area contributed by atoms with E-state index >= 15 is 0 Å². The molecule has 2 fully saturated rings. The summed E-state index contributed by atoms with van der Waals surface area (Å²) in [5.74, 6) is -0.232. The van der Waals surface area contributed by atoms with E-state index in [9.17, 15) is 14.4 Å². The van der Waals surface area contributed by atoms with Crippen LogP contribution in [0, 0.1) is 0 Å². The summed E-state index contributed by atoms with van der Waals surface area (Å²) in [4.78, 5) is 40.8. The number of rotatable bonds is 8. The number of benzene rings is 2. The Bertz CT molecular complexity index is 1090. The maximum Gasteiger partial charge on any atom is 0.337 e. The van der Waals surface area contributed by atoms with Crippen LogP contribution in [0.3, 0.4) is 0 Å². The Morgan fingerprint density at radius 2 is 1.69 bits per heavy atom. The molecule has 2 aromatic carbocycles. The van der Waals surface area contributed by atoms with Crippen molar-refractivity contribution in [2.45, 2.75) is 50.6 Å². The van der Waals surface area contributed by atoms with E-state index in [2.05, 4.69) is 15.5 Å². The Labute approximate surface area is 206 Å². The van der Waals surface area contributed by atoms with E-state index in [0.717, 1.165) is 51.6 Å². The third-order valence-corrected chi connectivity index (χ3v) is 7.02. The first-order chi connectivity index (χ1) is 16.9. The van der Waals surface area contributed by atoms with Crippen molar-refractivity contribution < 1.29 is 23.9 Å². The molecule has 1 heterocycles. The van der Waals surface area contributed by atoms with Crippen LogP contribution in [0.2, 0.25) is 0 Å². The second-order valence-corrected chi connectivity index (χ2v) is 9.21. The van der Waals surface area contributed by atoms with Crippen LogP contribution < -0.4 is 15.4 Å². The number of likely N-dealkylation sites (tertiary alicyclic amines) is 1. The van der Waals surface area contributed by atoms with E-state index in [1.165, 1.54) is 14.2 Å². The zero-order chi connectivity index (χ0) is 24.8. The van der Waals surface area contributed by atoms with Crippen molar-refractivity contribution in [3.8, 4) is 5.75 Å². The number of carbonyl (C=O) groups excluding carboxylic acids is 3. The van der Waals surface area contributed by atoms with Gasteiger partial charge in [0, 0.05) is 17.8 Å². The number of esters is 1. The van der Waals surface area contributed by atoms with Gasteiger partial charge in [0.15, 0.2) is 0 Å². The summed E-state index contributed by atoms with van der Waals surface area (Å²) < 4.78 is 10.1. The average molecular weight is 480 g/mol. The first-order valence-corrected chi connectivity index (χ1v) is 12.2. The molecule has 8 nitrogen and oxygen atoms in total. The lowest BCUT2D eigenvalue weighted by Gasteiger charge is -2.37. The first-order valence-electron chi connectivity index (χ1n) is 12.2. The van der Waals surface area contributed by atoms with Crippen LogP contribution in [0.5, 0.6) is 5.75 Å². The van der Waals surface area contributed by atoms with Gasteiger partial charge in [-0.2, -0.15) is 0 Å². The van der Waals surface area contributed by atoms with E-state index in [1.54, 1.807) is 42.5 Å². The minimum Gasteiger partial charge on any atom is -0.497 e. The second kappa shape index (κ2) is 10.9. The Kier molecular flexibility index (Phi) is 7.70. The first kappa shape index (κ1) is 24.7. The molecule has 4 rings (SSSR count). The van der Waals surface area contributed by atoms with Gasteiger partial charge in [0.1, 0.15) is 11.3 Å². The van der Waals surface area contributed by atoms with E-state index in [0.29, 0.717) is 28.1 Å². The number of ether oxygens (including phenoxy) is 2. The van der Waals surface area contributed by atoms with Crippen LogP contribution in [0.1, 0.15) is 64.8 Å². The Hall–Kier alpha value is -3.39. The smallest absolute Gasteiger partial charge is 0.337 e. The quantitative estimate of drug-likeness (QED) is 0.560. The Morgan fingerprint density at radius 3 is 2.37 bits per heavy atom. The van der Waals surface area contributed by atoms with Crippen molar-refractivity contribution in [1.29, 1.82) is 0 Å². The fourth-order valence-electron chi connectivity index (χ4n) is 5.21. The van der Waals surface area contributed by atoms with E-state index in [1.807, 2.05) is 0 Å². The van der Waals surface area contributed by atoms with Crippen LogP contribution in [0.4, 0.5) is 5.69 Å².